The summed E-state index contributed by atoms with van der Waals surface area (Å²) in [5, 5.41) is 19.3. The molecule has 1 atom stereocenters. The van der Waals surface area contributed by atoms with E-state index in [1.807, 2.05) is 42.5 Å². The Labute approximate surface area is 225 Å². The van der Waals surface area contributed by atoms with Gasteiger partial charge in [0.15, 0.2) is 5.65 Å². The number of hydrogen-bond acceptors (Lipinski definition) is 7. The lowest BCUT2D eigenvalue weighted by atomic mass is 9.91. The van der Waals surface area contributed by atoms with Crippen LogP contribution in [0.2, 0.25) is 0 Å². The molecule has 10 nitrogen and oxygen atoms in total. The van der Waals surface area contributed by atoms with Crippen LogP contribution in [0.25, 0.3) is 27.8 Å². The first-order valence-electron chi connectivity index (χ1n) is 13.4. The first-order valence-corrected chi connectivity index (χ1v) is 13.4. The highest BCUT2D eigenvalue weighted by atomic mass is 16.6. The zero-order valence-electron chi connectivity index (χ0n) is 21.7. The zero-order valence-corrected chi connectivity index (χ0v) is 21.7. The van der Waals surface area contributed by atoms with Crippen LogP contribution in [-0.4, -0.2) is 73.8 Å². The molecule has 2 aromatic heterocycles. The number of ether oxygens (including phenoxy) is 1. The van der Waals surface area contributed by atoms with Crippen molar-refractivity contribution in [1.29, 1.82) is 0 Å². The van der Waals surface area contributed by atoms with Crippen LogP contribution in [-0.2, 0) is 11.3 Å². The standard InChI is InChI=1S/C29H32N6O4/c36-27-25-17-32-35(24-8-6-23(7-9-24)22-4-2-1-3-5-22)26(25)31-20-34(27)19-29(38)11-14-33(15-12-29)28(37)39-18-21-10-13-30-16-21/h1-9,17,20-21,30,38H,10-16,18-19H2. The third-order valence-corrected chi connectivity index (χ3v) is 7.80. The smallest absolute Gasteiger partial charge is 0.409 e. The van der Waals surface area contributed by atoms with Gasteiger partial charge in [0, 0.05) is 25.6 Å². The molecule has 2 fully saturated rings. The lowest BCUT2D eigenvalue weighted by Gasteiger charge is -2.37. The van der Waals surface area contributed by atoms with E-state index < -0.39 is 5.60 Å². The highest BCUT2D eigenvalue weighted by molar-refractivity contribution is 5.75. The van der Waals surface area contributed by atoms with E-state index in [2.05, 4.69) is 27.5 Å². The predicted molar refractivity (Wildman–Crippen MR) is 147 cm³/mol. The van der Waals surface area contributed by atoms with Gasteiger partial charge in [-0.05, 0) is 49.1 Å². The fourth-order valence-corrected chi connectivity index (χ4v) is 5.39. The molecule has 1 unspecified atom stereocenters. The Hall–Kier alpha value is -4.02. The summed E-state index contributed by atoms with van der Waals surface area (Å²) >= 11 is 0. The fraction of sp³-hybridized carbons (Fsp3) is 0.379. The van der Waals surface area contributed by atoms with Gasteiger partial charge >= 0.3 is 6.09 Å². The number of likely N-dealkylation sites (tertiary alicyclic amines) is 1. The second-order valence-corrected chi connectivity index (χ2v) is 10.5. The minimum absolute atomic E-state index is 0.0996. The van der Waals surface area contributed by atoms with Crippen LogP contribution in [0, 0.1) is 5.92 Å². The van der Waals surface area contributed by atoms with E-state index >= 15 is 0 Å². The highest BCUT2D eigenvalue weighted by Crippen LogP contribution is 2.25. The molecular formula is C29H32N6O4. The Morgan fingerprint density at radius 2 is 1.82 bits per heavy atom. The number of amides is 1. The molecule has 2 N–H and O–H groups in total. The van der Waals surface area contributed by atoms with E-state index in [4.69, 9.17) is 4.74 Å². The zero-order chi connectivity index (χ0) is 26.8. The molecule has 10 heteroatoms. The second kappa shape index (κ2) is 10.6. The monoisotopic (exact) mass is 528 g/mol. The molecule has 0 bridgehead atoms. The number of carbonyl (C=O) groups is 1. The van der Waals surface area contributed by atoms with Gasteiger partial charge in [-0.25, -0.2) is 14.5 Å². The number of rotatable bonds is 6. The molecule has 0 radical (unpaired) electrons. The Balaban J connectivity index is 1.12. The van der Waals surface area contributed by atoms with Gasteiger partial charge in [0.05, 0.1) is 30.6 Å². The number of hydrogen-bond donors (Lipinski definition) is 2. The summed E-state index contributed by atoms with van der Waals surface area (Å²) in [6, 6.07) is 18.0. The molecule has 2 aromatic carbocycles. The molecule has 1 amide bonds. The molecule has 202 valence electrons. The van der Waals surface area contributed by atoms with Crippen molar-refractivity contribution < 1.29 is 14.6 Å². The molecule has 2 aliphatic heterocycles. The van der Waals surface area contributed by atoms with Crippen molar-refractivity contribution in [2.75, 3.05) is 32.8 Å². The minimum atomic E-state index is -1.12. The van der Waals surface area contributed by atoms with E-state index in [0.29, 0.717) is 49.5 Å². The summed E-state index contributed by atoms with van der Waals surface area (Å²) in [4.78, 5) is 31.9. The van der Waals surface area contributed by atoms with Crippen LogP contribution in [0.4, 0.5) is 4.79 Å². The number of carbonyl (C=O) groups excluding carboxylic acids is 1. The van der Waals surface area contributed by atoms with Gasteiger partial charge in [0.25, 0.3) is 5.56 Å². The highest BCUT2D eigenvalue weighted by Gasteiger charge is 2.35. The SMILES string of the molecule is O=C(OCC1CCNC1)N1CCC(O)(Cn2cnc3c(cnn3-c3ccc(-c4ccccc4)cc3)c2=O)CC1. The Kier molecular flexibility index (Phi) is 6.88. The Morgan fingerprint density at radius 3 is 2.54 bits per heavy atom. The van der Waals surface area contributed by atoms with Crippen LogP contribution in [0.5, 0.6) is 0 Å². The number of benzene rings is 2. The van der Waals surface area contributed by atoms with Crippen molar-refractivity contribution in [2.45, 2.75) is 31.4 Å². The lowest BCUT2D eigenvalue weighted by molar-refractivity contribution is -0.0340. The third kappa shape index (κ3) is 5.30. The van der Waals surface area contributed by atoms with Gasteiger partial charge < -0.3 is 20.1 Å². The summed E-state index contributed by atoms with van der Waals surface area (Å²) in [7, 11) is 0. The van der Waals surface area contributed by atoms with Gasteiger partial charge in [0.1, 0.15) is 11.7 Å². The molecule has 4 heterocycles. The summed E-state index contributed by atoms with van der Waals surface area (Å²) in [6.07, 6.45) is 4.37. The predicted octanol–water partition coefficient (Wildman–Crippen LogP) is 2.82. The molecule has 0 spiro atoms. The van der Waals surface area contributed by atoms with Gasteiger partial charge in [-0.15, -0.1) is 0 Å². The largest absolute Gasteiger partial charge is 0.449 e. The van der Waals surface area contributed by atoms with E-state index in [1.165, 1.54) is 17.1 Å². The molecule has 0 aliphatic carbocycles. The maximum Gasteiger partial charge on any atom is 0.409 e. The number of piperidine rings is 1. The van der Waals surface area contributed by atoms with E-state index in [1.54, 1.807) is 9.58 Å². The fourth-order valence-electron chi connectivity index (χ4n) is 5.39. The number of nitrogens with zero attached hydrogens (tertiary/aromatic N) is 5. The van der Waals surface area contributed by atoms with Crippen LogP contribution >= 0.6 is 0 Å². The molecule has 39 heavy (non-hydrogen) atoms. The van der Waals surface area contributed by atoms with Crippen LogP contribution in [0.15, 0.2) is 71.9 Å². The molecular weight excluding hydrogens is 496 g/mol. The molecule has 2 saturated heterocycles. The molecule has 6 rings (SSSR count). The first kappa shape index (κ1) is 25.3. The van der Waals surface area contributed by atoms with Crippen LogP contribution in [0.1, 0.15) is 19.3 Å². The van der Waals surface area contributed by atoms with E-state index in [9.17, 15) is 14.7 Å². The Bertz CT molecular complexity index is 1500. The van der Waals surface area contributed by atoms with Gasteiger partial charge in [-0.3, -0.25) is 9.36 Å². The number of fused-ring (bicyclic) bond motifs is 1. The maximum absolute atomic E-state index is 13.3. The third-order valence-electron chi connectivity index (χ3n) is 7.80. The van der Waals surface area contributed by atoms with Crippen LogP contribution < -0.4 is 10.9 Å². The van der Waals surface area contributed by atoms with Crippen molar-refractivity contribution in [3.05, 3.63) is 77.5 Å². The second-order valence-electron chi connectivity index (χ2n) is 10.5. The van der Waals surface area contributed by atoms with Crippen molar-refractivity contribution >= 4 is 17.1 Å². The minimum Gasteiger partial charge on any atom is -0.449 e. The Morgan fingerprint density at radius 1 is 1.08 bits per heavy atom. The summed E-state index contributed by atoms with van der Waals surface area (Å²) in [5.41, 5.74) is 2.10. The molecule has 0 saturated carbocycles. The first-order chi connectivity index (χ1) is 19.0. The maximum atomic E-state index is 13.3. The van der Waals surface area contributed by atoms with Gasteiger partial charge in [-0.2, -0.15) is 5.10 Å². The normalized spacial score (nSPS) is 18.9. The number of aromatic nitrogens is 4. The summed E-state index contributed by atoms with van der Waals surface area (Å²) < 4.78 is 8.57. The van der Waals surface area contributed by atoms with Gasteiger partial charge in [0.2, 0.25) is 0 Å². The van der Waals surface area contributed by atoms with Crippen LogP contribution in [0.3, 0.4) is 0 Å². The van der Waals surface area contributed by atoms with Crippen molar-refractivity contribution in [1.82, 2.24) is 29.5 Å². The average Bonchev–Trinajstić information content (AvgIpc) is 3.65. The van der Waals surface area contributed by atoms with Crippen molar-refractivity contribution in [3.8, 4) is 16.8 Å². The van der Waals surface area contributed by atoms with E-state index in [0.717, 1.165) is 36.3 Å². The van der Waals surface area contributed by atoms with Crippen molar-refractivity contribution in [2.24, 2.45) is 5.92 Å². The molecule has 4 aromatic rings. The van der Waals surface area contributed by atoms with Crippen molar-refractivity contribution in [3.63, 3.8) is 0 Å². The number of nitrogens with one attached hydrogen (secondary N) is 1. The summed E-state index contributed by atoms with van der Waals surface area (Å²) in [6.45, 7) is 3.10. The van der Waals surface area contributed by atoms with Gasteiger partial charge in [-0.1, -0.05) is 42.5 Å². The quantitative estimate of drug-likeness (QED) is 0.396. The number of aliphatic hydroxyl groups is 1. The average molecular weight is 529 g/mol. The molecule has 2 aliphatic rings. The van der Waals surface area contributed by atoms with E-state index in [-0.39, 0.29) is 18.2 Å². The lowest BCUT2D eigenvalue weighted by Crippen LogP contribution is -2.50. The topological polar surface area (TPSA) is 115 Å². The summed E-state index contributed by atoms with van der Waals surface area (Å²) in [5.74, 6) is 0.364.